The Morgan fingerprint density at radius 1 is 1.12 bits per heavy atom. The van der Waals surface area contributed by atoms with Crippen molar-refractivity contribution >= 4 is 17.3 Å². The van der Waals surface area contributed by atoms with E-state index < -0.39 is 11.6 Å². The summed E-state index contributed by atoms with van der Waals surface area (Å²) >= 11 is 0. The Balaban J connectivity index is 1.90. The van der Waals surface area contributed by atoms with E-state index in [-0.39, 0.29) is 5.91 Å². The molecule has 24 heavy (non-hydrogen) atoms. The summed E-state index contributed by atoms with van der Waals surface area (Å²) in [4.78, 5) is 18.1. The van der Waals surface area contributed by atoms with Crippen LogP contribution in [0.3, 0.4) is 0 Å². The van der Waals surface area contributed by atoms with Crippen LogP contribution in [-0.4, -0.2) is 43.0 Å². The van der Waals surface area contributed by atoms with Crippen LogP contribution < -0.4 is 10.6 Å². The smallest absolute Gasteiger partial charge is 0.269 e. The van der Waals surface area contributed by atoms with Crippen molar-refractivity contribution in [2.75, 3.05) is 32.5 Å². The molecule has 0 saturated heterocycles. The number of hydrogen-bond donors (Lipinski definition) is 2. The lowest BCUT2D eigenvalue weighted by Gasteiger charge is -2.10. The number of nitrogens with one attached hydrogen (secondary N) is 2. The first-order chi connectivity index (χ1) is 11.5. The van der Waals surface area contributed by atoms with E-state index in [1.165, 1.54) is 12.3 Å². The average Bonchev–Trinajstić information content (AvgIpc) is 2.55. The van der Waals surface area contributed by atoms with Gasteiger partial charge >= 0.3 is 0 Å². The number of pyridine rings is 1. The molecule has 5 nitrogen and oxygen atoms in total. The summed E-state index contributed by atoms with van der Waals surface area (Å²) in [5, 5.41) is 5.69. The third kappa shape index (κ3) is 5.27. The molecule has 1 aromatic carbocycles. The third-order valence-corrected chi connectivity index (χ3v) is 3.27. The molecule has 0 atom stereocenters. The number of anilines is 2. The molecule has 0 aliphatic rings. The van der Waals surface area contributed by atoms with Gasteiger partial charge in [0.1, 0.15) is 5.69 Å². The predicted molar refractivity (Wildman–Crippen MR) is 89.4 cm³/mol. The fourth-order valence-corrected chi connectivity index (χ4v) is 2.03. The molecule has 0 fully saturated rings. The summed E-state index contributed by atoms with van der Waals surface area (Å²) in [5.41, 5.74) is 1.28. The Hall–Kier alpha value is -2.54. The number of carbonyl (C=O) groups excluding carboxylic acids is 1. The highest BCUT2D eigenvalue weighted by Gasteiger charge is 2.07. The molecule has 1 amide bonds. The van der Waals surface area contributed by atoms with Crippen LogP contribution in [0.4, 0.5) is 20.2 Å². The quantitative estimate of drug-likeness (QED) is 0.765. The van der Waals surface area contributed by atoms with Crippen LogP contribution in [-0.2, 0) is 0 Å². The highest BCUT2D eigenvalue weighted by molar-refractivity contribution is 5.92. The van der Waals surface area contributed by atoms with Gasteiger partial charge in [0.25, 0.3) is 5.91 Å². The SMILES string of the molecule is CN(C)CCCNC(=O)c1ccc(Nc2ccc(F)c(F)c2)cn1. The van der Waals surface area contributed by atoms with Crippen LogP contribution in [0.2, 0.25) is 0 Å². The zero-order valence-corrected chi connectivity index (χ0v) is 13.6. The van der Waals surface area contributed by atoms with E-state index in [0.29, 0.717) is 23.6 Å². The van der Waals surface area contributed by atoms with E-state index in [0.717, 1.165) is 25.1 Å². The molecule has 2 aromatic rings. The lowest BCUT2D eigenvalue weighted by Crippen LogP contribution is -2.27. The van der Waals surface area contributed by atoms with Gasteiger partial charge in [-0.2, -0.15) is 0 Å². The monoisotopic (exact) mass is 334 g/mol. The molecule has 0 aliphatic heterocycles. The summed E-state index contributed by atoms with van der Waals surface area (Å²) in [6.45, 7) is 1.47. The number of benzene rings is 1. The van der Waals surface area contributed by atoms with Gasteiger partial charge in [-0.3, -0.25) is 4.79 Å². The van der Waals surface area contributed by atoms with E-state index in [4.69, 9.17) is 0 Å². The number of carbonyl (C=O) groups is 1. The minimum absolute atomic E-state index is 0.242. The molecular weight excluding hydrogens is 314 g/mol. The number of rotatable bonds is 7. The molecule has 0 spiro atoms. The summed E-state index contributed by atoms with van der Waals surface area (Å²) in [5.74, 6) is -2.07. The number of halogens is 2. The number of hydrogen-bond acceptors (Lipinski definition) is 4. The fourth-order valence-electron chi connectivity index (χ4n) is 2.03. The summed E-state index contributed by atoms with van der Waals surface area (Å²) in [7, 11) is 3.95. The third-order valence-electron chi connectivity index (χ3n) is 3.27. The van der Waals surface area contributed by atoms with Gasteiger partial charge in [0.05, 0.1) is 11.9 Å². The van der Waals surface area contributed by atoms with Crippen LogP contribution in [0.25, 0.3) is 0 Å². The van der Waals surface area contributed by atoms with Gasteiger partial charge < -0.3 is 15.5 Å². The van der Waals surface area contributed by atoms with Gasteiger partial charge in [0.15, 0.2) is 11.6 Å². The van der Waals surface area contributed by atoms with Crippen LogP contribution >= 0.6 is 0 Å². The van der Waals surface area contributed by atoms with Crippen molar-refractivity contribution < 1.29 is 13.6 Å². The Bertz CT molecular complexity index is 689. The number of nitrogens with zero attached hydrogens (tertiary/aromatic N) is 2. The first-order valence-electron chi connectivity index (χ1n) is 7.57. The first-order valence-corrected chi connectivity index (χ1v) is 7.57. The molecular formula is C17H20F2N4O. The molecule has 0 radical (unpaired) electrons. The van der Waals surface area contributed by atoms with Gasteiger partial charge in [0, 0.05) is 18.3 Å². The standard InChI is InChI=1S/C17H20F2N4O/c1-23(2)9-3-8-20-17(24)16-7-5-13(11-21-16)22-12-4-6-14(18)15(19)10-12/h4-7,10-11,22H,3,8-9H2,1-2H3,(H,20,24). The van der Waals surface area contributed by atoms with E-state index in [1.807, 2.05) is 19.0 Å². The van der Waals surface area contributed by atoms with E-state index in [9.17, 15) is 13.6 Å². The lowest BCUT2D eigenvalue weighted by molar-refractivity contribution is 0.0947. The molecule has 1 heterocycles. The molecule has 7 heteroatoms. The molecule has 1 aromatic heterocycles. The van der Waals surface area contributed by atoms with Crippen molar-refractivity contribution in [3.8, 4) is 0 Å². The van der Waals surface area contributed by atoms with Crippen molar-refractivity contribution in [2.45, 2.75) is 6.42 Å². The van der Waals surface area contributed by atoms with E-state index in [2.05, 4.69) is 15.6 Å². The summed E-state index contributed by atoms with van der Waals surface area (Å²) in [6, 6.07) is 6.75. The molecule has 0 bridgehead atoms. The maximum Gasteiger partial charge on any atom is 0.269 e. The van der Waals surface area contributed by atoms with E-state index in [1.54, 1.807) is 12.1 Å². The van der Waals surface area contributed by atoms with Crippen molar-refractivity contribution in [1.82, 2.24) is 15.2 Å². The highest BCUT2D eigenvalue weighted by Crippen LogP contribution is 2.18. The van der Waals surface area contributed by atoms with Gasteiger partial charge in [-0.15, -0.1) is 0 Å². The van der Waals surface area contributed by atoms with E-state index >= 15 is 0 Å². The Morgan fingerprint density at radius 2 is 1.88 bits per heavy atom. The Morgan fingerprint density at radius 3 is 2.50 bits per heavy atom. The maximum absolute atomic E-state index is 13.2. The van der Waals surface area contributed by atoms with Gasteiger partial charge in [-0.25, -0.2) is 13.8 Å². The number of amides is 1. The highest BCUT2D eigenvalue weighted by atomic mass is 19.2. The fraction of sp³-hybridized carbons (Fsp3) is 0.294. The second-order valence-corrected chi connectivity index (χ2v) is 5.60. The van der Waals surface area contributed by atoms with Gasteiger partial charge in [-0.05, 0) is 51.3 Å². The van der Waals surface area contributed by atoms with Crippen molar-refractivity contribution in [1.29, 1.82) is 0 Å². The maximum atomic E-state index is 13.2. The first kappa shape index (κ1) is 17.8. The zero-order valence-electron chi connectivity index (χ0n) is 13.6. The average molecular weight is 334 g/mol. The number of aromatic nitrogens is 1. The second kappa shape index (κ2) is 8.35. The molecule has 0 unspecified atom stereocenters. The Labute approximate surface area is 139 Å². The molecule has 128 valence electrons. The summed E-state index contributed by atoms with van der Waals surface area (Å²) < 4.78 is 26.1. The van der Waals surface area contributed by atoms with Crippen molar-refractivity contribution in [2.24, 2.45) is 0 Å². The van der Waals surface area contributed by atoms with Gasteiger partial charge in [-0.1, -0.05) is 0 Å². The minimum Gasteiger partial charge on any atom is -0.354 e. The molecule has 0 aliphatic carbocycles. The normalized spacial score (nSPS) is 10.7. The molecule has 0 saturated carbocycles. The zero-order chi connectivity index (χ0) is 17.5. The Kier molecular flexibility index (Phi) is 6.20. The van der Waals surface area contributed by atoms with Crippen LogP contribution in [0.1, 0.15) is 16.9 Å². The van der Waals surface area contributed by atoms with Crippen molar-refractivity contribution in [3.63, 3.8) is 0 Å². The van der Waals surface area contributed by atoms with Crippen LogP contribution in [0.5, 0.6) is 0 Å². The molecule has 2 rings (SSSR count). The van der Waals surface area contributed by atoms with Crippen LogP contribution in [0, 0.1) is 11.6 Å². The van der Waals surface area contributed by atoms with Crippen molar-refractivity contribution in [3.05, 3.63) is 53.9 Å². The topological polar surface area (TPSA) is 57.3 Å². The summed E-state index contributed by atoms with van der Waals surface area (Å²) in [6.07, 6.45) is 2.32. The second-order valence-electron chi connectivity index (χ2n) is 5.60. The van der Waals surface area contributed by atoms with Gasteiger partial charge in [0.2, 0.25) is 0 Å². The lowest BCUT2D eigenvalue weighted by atomic mass is 10.2. The molecule has 2 N–H and O–H groups in total. The van der Waals surface area contributed by atoms with Crippen LogP contribution in [0.15, 0.2) is 36.5 Å². The predicted octanol–water partition coefficient (Wildman–Crippen LogP) is 2.78. The largest absolute Gasteiger partial charge is 0.354 e. The minimum atomic E-state index is -0.929.